The lowest BCUT2D eigenvalue weighted by Crippen LogP contribution is -2.06. The molecule has 0 atom stereocenters. The molecule has 0 amide bonds. The van der Waals surface area contributed by atoms with Crippen molar-refractivity contribution < 1.29 is 9.72 Å². The maximum absolute atomic E-state index is 11.3. The van der Waals surface area contributed by atoms with Crippen molar-refractivity contribution in [1.82, 2.24) is 9.78 Å². The summed E-state index contributed by atoms with van der Waals surface area (Å²) >= 11 is 3.19. The van der Waals surface area contributed by atoms with Crippen LogP contribution >= 0.6 is 15.9 Å². The highest BCUT2D eigenvalue weighted by Crippen LogP contribution is 2.26. The van der Waals surface area contributed by atoms with E-state index in [-0.39, 0.29) is 11.6 Å². The van der Waals surface area contributed by atoms with Gasteiger partial charge in [0, 0.05) is 24.4 Å². The van der Waals surface area contributed by atoms with Gasteiger partial charge in [0.15, 0.2) is 0 Å². The van der Waals surface area contributed by atoms with Gasteiger partial charge in [-0.2, -0.15) is 9.78 Å². The van der Waals surface area contributed by atoms with Crippen molar-refractivity contribution in [3.8, 4) is 0 Å². The lowest BCUT2D eigenvalue weighted by molar-refractivity contribution is -0.384. The van der Waals surface area contributed by atoms with E-state index < -0.39 is 4.92 Å². The molecule has 0 bridgehead atoms. The minimum Gasteiger partial charge on any atom is -0.273 e. The Labute approximate surface area is 98.1 Å². The van der Waals surface area contributed by atoms with E-state index in [1.54, 1.807) is 6.07 Å². The molecule has 0 unspecified atom stereocenters. The minimum absolute atomic E-state index is 0.0672. The van der Waals surface area contributed by atoms with Gasteiger partial charge in [0.25, 0.3) is 5.69 Å². The molecule has 0 radical (unpaired) electrons. The number of carbonyl (C=O) groups is 1. The smallest absolute Gasteiger partial charge is 0.271 e. The van der Waals surface area contributed by atoms with Crippen LogP contribution in [0, 0.1) is 10.1 Å². The number of rotatable bonds is 1. The fourth-order valence-electron chi connectivity index (χ4n) is 1.42. The van der Waals surface area contributed by atoms with E-state index in [1.807, 2.05) is 0 Å². The Bertz CT molecular complexity index is 605. The van der Waals surface area contributed by atoms with E-state index in [9.17, 15) is 14.9 Å². The van der Waals surface area contributed by atoms with Gasteiger partial charge in [-0.05, 0) is 22.0 Å². The number of nitro benzene ring substituents is 1. The first kappa shape index (κ1) is 10.7. The van der Waals surface area contributed by atoms with Gasteiger partial charge >= 0.3 is 0 Å². The lowest BCUT2D eigenvalue weighted by atomic mass is 10.2. The molecule has 82 valence electrons. The van der Waals surface area contributed by atoms with Gasteiger partial charge in [0.1, 0.15) is 4.60 Å². The molecule has 0 spiro atoms. The summed E-state index contributed by atoms with van der Waals surface area (Å²) in [6, 6.07) is 4.26. The van der Waals surface area contributed by atoms with Crippen molar-refractivity contribution in [1.29, 1.82) is 0 Å². The van der Waals surface area contributed by atoms with E-state index >= 15 is 0 Å². The highest BCUT2D eigenvalue weighted by atomic mass is 79.9. The Hall–Kier alpha value is -1.76. The van der Waals surface area contributed by atoms with Crippen molar-refractivity contribution in [2.75, 3.05) is 0 Å². The summed E-state index contributed by atoms with van der Waals surface area (Å²) in [6.45, 7) is 1.34. The Morgan fingerprint density at radius 1 is 1.56 bits per heavy atom. The lowest BCUT2D eigenvalue weighted by Gasteiger charge is -1.96. The molecule has 1 aromatic heterocycles. The highest BCUT2D eigenvalue weighted by Gasteiger charge is 2.15. The van der Waals surface area contributed by atoms with Gasteiger partial charge < -0.3 is 0 Å². The van der Waals surface area contributed by atoms with Crippen molar-refractivity contribution in [3.05, 3.63) is 32.9 Å². The highest BCUT2D eigenvalue weighted by molar-refractivity contribution is 9.10. The molecule has 1 heterocycles. The van der Waals surface area contributed by atoms with Crippen LogP contribution in [0.2, 0.25) is 0 Å². The Morgan fingerprint density at radius 2 is 2.25 bits per heavy atom. The fourth-order valence-corrected chi connectivity index (χ4v) is 1.91. The first-order chi connectivity index (χ1) is 7.50. The van der Waals surface area contributed by atoms with Gasteiger partial charge in [-0.1, -0.05) is 0 Å². The maximum Gasteiger partial charge on any atom is 0.271 e. The molecule has 1 aromatic carbocycles. The molecule has 16 heavy (non-hydrogen) atoms. The zero-order chi connectivity index (χ0) is 11.9. The van der Waals surface area contributed by atoms with Crippen molar-refractivity contribution >= 4 is 38.4 Å². The quantitative estimate of drug-likeness (QED) is 0.595. The number of hydrogen-bond donors (Lipinski definition) is 0. The maximum atomic E-state index is 11.3. The van der Waals surface area contributed by atoms with E-state index in [0.717, 1.165) is 4.68 Å². The number of aromatic nitrogens is 2. The molecule has 7 heteroatoms. The Balaban J connectivity index is 2.79. The largest absolute Gasteiger partial charge is 0.273 e. The van der Waals surface area contributed by atoms with E-state index in [2.05, 4.69) is 21.0 Å². The first-order valence-corrected chi connectivity index (χ1v) is 5.13. The molecular weight excluding hydrogens is 278 g/mol. The summed E-state index contributed by atoms with van der Waals surface area (Å²) in [7, 11) is 0. The number of benzene rings is 1. The second-order valence-corrected chi connectivity index (χ2v) is 3.93. The van der Waals surface area contributed by atoms with Crippen LogP contribution in [-0.2, 0) is 0 Å². The van der Waals surface area contributed by atoms with E-state index in [4.69, 9.17) is 0 Å². The zero-order valence-electron chi connectivity index (χ0n) is 8.18. The number of halogens is 1. The molecule has 6 nitrogen and oxygen atoms in total. The topological polar surface area (TPSA) is 78.0 Å². The van der Waals surface area contributed by atoms with Crippen LogP contribution in [0.25, 0.3) is 10.9 Å². The average molecular weight is 284 g/mol. The van der Waals surface area contributed by atoms with Crippen LogP contribution in [0.4, 0.5) is 5.69 Å². The monoisotopic (exact) mass is 283 g/mol. The summed E-state index contributed by atoms with van der Waals surface area (Å²) < 4.78 is 1.62. The average Bonchev–Trinajstić information content (AvgIpc) is 2.56. The predicted octanol–water partition coefficient (Wildman–Crippen LogP) is 2.37. The minimum atomic E-state index is -0.509. The number of nitrogens with zero attached hydrogens (tertiary/aromatic N) is 3. The van der Waals surface area contributed by atoms with Crippen molar-refractivity contribution in [2.24, 2.45) is 0 Å². The summed E-state index contributed by atoms with van der Waals surface area (Å²) in [4.78, 5) is 21.4. The summed E-state index contributed by atoms with van der Waals surface area (Å²) in [5.74, 6) is -0.295. The van der Waals surface area contributed by atoms with Crippen LogP contribution in [0.1, 0.15) is 11.7 Å². The molecule has 0 aliphatic heterocycles. The molecule has 0 saturated heterocycles. The second kappa shape index (κ2) is 3.67. The van der Waals surface area contributed by atoms with Gasteiger partial charge in [0.2, 0.25) is 5.91 Å². The van der Waals surface area contributed by atoms with Crippen LogP contribution in [0.3, 0.4) is 0 Å². The van der Waals surface area contributed by atoms with Crippen molar-refractivity contribution in [3.63, 3.8) is 0 Å². The van der Waals surface area contributed by atoms with Gasteiger partial charge in [-0.25, -0.2) is 0 Å². The Morgan fingerprint density at radius 3 is 2.81 bits per heavy atom. The number of carbonyl (C=O) groups excluding carboxylic acids is 1. The SMILES string of the molecule is CC(=O)n1nc(Br)c2ccc([N+](=O)[O-])cc21. The summed E-state index contributed by atoms with van der Waals surface area (Å²) in [5.41, 5.74) is 0.357. The summed E-state index contributed by atoms with van der Waals surface area (Å²) in [6.07, 6.45) is 0. The summed E-state index contributed by atoms with van der Waals surface area (Å²) in [5, 5.41) is 15.2. The predicted molar refractivity (Wildman–Crippen MR) is 60.4 cm³/mol. The van der Waals surface area contributed by atoms with E-state index in [1.165, 1.54) is 19.1 Å². The third kappa shape index (κ3) is 1.58. The normalized spacial score (nSPS) is 10.6. The molecule has 0 saturated carbocycles. The van der Waals surface area contributed by atoms with Gasteiger partial charge in [0.05, 0.1) is 10.4 Å². The van der Waals surface area contributed by atoms with Gasteiger partial charge in [-0.15, -0.1) is 0 Å². The van der Waals surface area contributed by atoms with Crippen molar-refractivity contribution in [2.45, 2.75) is 6.92 Å². The number of nitro groups is 1. The molecular formula is C9H6BrN3O3. The molecule has 0 aliphatic rings. The van der Waals surface area contributed by atoms with Crippen LogP contribution < -0.4 is 0 Å². The molecule has 2 aromatic rings. The number of non-ortho nitro benzene ring substituents is 1. The standard InChI is InChI=1S/C9H6BrN3O3/c1-5(14)12-8-4-6(13(15)16)2-3-7(8)9(10)11-12/h2-4H,1H3. The second-order valence-electron chi connectivity index (χ2n) is 3.18. The number of hydrogen-bond acceptors (Lipinski definition) is 4. The Kier molecular flexibility index (Phi) is 2.47. The molecule has 2 rings (SSSR count). The molecule has 0 fully saturated rings. The molecule has 0 aliphatic carbocycles. The zero-order valence-corrected chi connectivity index (χ0v) is 9.76. The molecule has 0 N–H and O–H groups in total. The van der Waals surface area contributed by atoms with Crippen LogP contribution in [0.5, 0.6) is 0 Å². The van der Waals surface area contributed by atoms with Crippen LogP contribution in [-0.4, -0.2) is 20.6 Å². The third-order valence-electron chi connectivity index (χ3n) is 2.13. The fraction of sp³-hybridized carbons (Fsp3) is 0.111. The first-order valence-electron chi connectivity index (χ1n) is 4.34. The van der Waals surface area contributed by atoms with E-state index in [0.29, 0.717) is 15.5 Å². The number of fused-ring (bicyclic) bond motifs is 1. The van der Waals surface area contributed by atoms with Crippen LogP contribution in [0.15, 0.2) is 22.8 Å². The van der Waals surface area contributed by atoms with Gasteiger partial charge in [-0.3, -0.25) is 14.9 Å². The third-order valence-corrected chi connectivity index (χ3v) is 2.71.